The van der Waals surface area contributed by atoms with Crippen LogP contribution in [0.4, 0.5) is 0 Å². The molecule has 1 aromatic carbocycles. The number of aromatic nitrogens is 1. The van der Waals surface area contributed by atoms with E-state index in [4.69, 9.17) is 11.6 Å². The quantitative estimate of drug-likeness (QED) is 0.944. The summed E-state index contributed by atoms with van der Waals surface area (Å²) < 4.78 is 1.42. The van der Waals surface area contributed by atoms with E-state index in [2.05, 4.69) is 5.32 Å². The zero-order chi connectivity index (χ0) is 14.7. The van der Waals surface area contributed by atoms with Crippen LogP contribution in [0.5, 0.6) is 0 Å². The third-order valence-corrected chi connectivity index (χ3v) is 3.34. The third-order valence-electron chi connectivity index (χ3n) is 3.08. The van der Waals surface area contributed by atoms with E-state index in [0.717, 1.165) is 5.56 Å². The van der Waals surface area contributed by atoms with E-state index >= 15 is 0 Å². The number of hydrogen-bond donors (Lipinski definition) is 1. The number of rotatable bonds is 3. The Morgan fingerprint density at radius 2 is 1.90 bits per heavy atom. The molecule has 2 aromatic rings. The molecule has 0 radical (unpaired) electrons. The second-order valence-electron chi connectivity index (χ2n) is 4.61. The van der Waals surface area contributed by atoms with Crippen LogP contribution in [0.2, 0.25) is 5.02 Å². The van der Waals surface area contributed by atoms with Gasteiger partial charge in [-0.25, -0.2) is 0 Å². The maximum absolute atomic E-state index is 12.1. The van der Waals surface area contributed by atoms with Crippen LogP contribution in [-0.2, 0) is 7.05 Å². The minimum Gasteiger partial charge on any atom is -0.346 e. The molecule has 1 amide bonds. The summed E-state index contributed by atoms with van der Waals surface area (Å²) in [6.07, 6.45) is 1.57. The minimum atomic E-state index is -0.273. The molecule has 1 aromatic heterocycles. The number of amides is 1. The molecule has 104 valence electrons. The summed E-state index contributed by atoms with van der Waals surface area (Å²) in [5.41, 5.74) is 1.09. The van der Waals surface area contributed by atoms with Crippen LogP contribution >= 0.6 is 11.6 Å². The first-order valence-corrected chi connectivity index (χ1v) is 6.58. The molecule has 0 aliphatic rings. The Labute approximate surface area is 122 Å². The molecule has 20 heavy (non-hydrogen) atoms. The van der Waals surface area contributed by atoms with Gasteiger partial charge in [-0.15, -0.1) is 0 Å². The molecule has 0 fully saturated rings. The Balaban J connectivity index is 2.12. The number of nitrogens with one attached hydrogen (secondary N) is 1. The summed E-state index contributed by atoms with van der Waals surface area (Å²) in [6.45, 7) is 1.88. The van der Waals surface area contributed by atoms with E-state index in [1.807, 2.05) is 19.1 Å². The van der Waals surface area contributed by atoms with Crippen molar-refractivity contribution in [1.29, 1.82) is 0 Å². The van der Waals surface area contributed by atoms with Crippen molar-refractivity contribution in [2.24, 2.45) is 7.05 Å². The van der Waals surface area contributed by atoms with Crippen LogP contribution in [0.1, 0.15) is 28.9 Å². The summed E-state index contributed by atoms with van der Waals surface area (Å²) in [5.74, 6) is -0.273. The molecule has 5 heteroatoms. The SMILES string of the molecule is CC(NC(=O)c1ccn(C)c(=O)c1)c1ccc(Cl)cc1. The molecule has 0 saturated heterocycles. The lowest BCUT2D eigenvalue weighted by Crippen LogP contribution is -2.28. The minimum absolute atomic E-state index is 0.163. The van der Waals surface area contributed by atoms with Gasteiger partial charge in [-0.2, -0.15) is 0 Å². The van der Waals surface area contributed by atoms with Crippen molar-refractivity contribution in [2.75, 3.05) is 0 Å². The van der Waals surface area contributed by atoms with Gasteiger partial charge >= 0.3 is 0 Å². The number of benzene rings is 1. The maximum atomic E-state index is 12.1. The van der Waals surface area contributed by atoms with Crippen LogP contribution < -0.4 is 10.9 Å². The predicted molar refractivity (Wildman–Crippen MR) is 79.0 cm³/mol. The maximum Gasteiger partial charge on any atom is 0.252 e. The molecule has 0 bridgehead atoms. The van der Waals surface area contributed by atoms with Gasteiger partial charge in [0.1, 0.15) is 0 Å². The highest BCUT2D eigenvalue weighted by Crippen LogP contribution is 2.16. The lowest BCUT2D eigenvalue weighted by molar-refractivity contribution is 0.0939. The fraction of sp³-hybridized carbons (Fsp3) is 0.200. The van der Waals surface area contributed by atoms with Gasteiger partial charge in [0.15, 0.2) is 0 Å². The molecule has 4 nitrogen and oxygen atoms in total. The summed E-state index contributed by atoms with van der Waals surface area (Å²) in [6, 6.07) is 10.0. The molecule has 0 aliphatic heterocycles. The van der Waals surface area contributed by atoms with Crippen LogP contribution in [0.25, 0.3) is 0 Å². The summed E-state index contributed by atoms with van der Waals surface area (Å²) >= 11 is 5.83. The summed E-state index contributed by atoms with van der Waals surface area (Å²) in [7, 11) is 1.64. The van der Waals surface area contributed by atoms with Crippen LogP contribution in [0, 0.1) is 0 Å². The van der Waals surface area contributed by atoms with E-state index in [-0.39, 0.29) is 17.5 Å². The van der Waals surface area contributed by atoms with E-state index in [1.54, 1.807) is 31.4 Å². The van der Waals surface area contributed by atoms with E-state index in [1.165, 1.54) is 10.6 Å². The van der Waals surface area contributed by atoms with Crippen molar-refractivity contribution < 1.29 is 4.79 Å². The van der Waals surface area contributed by atoms with Gasteiger partial charge in [-0.3, -0.25) is 9.59 Å². The fourth-order valence-corrected chi connectivity index (χ4v) is 1.93. The highest BCUT2D eigenvalue weighted by atomic mass is 35.5. The monoisotopic (exact) mass is 290 g/mol. The van der Waals surface area contributed by atoms with Gasteiger partial charge in [0, 0.05) is 29.9 Å². The zero-order valence-corrected chi connectivity index (χ0v) is 12.0. The van der Waals surface area contributed by atoms with Crippen molar-refractivity contribution in [3.05, 3.63) is 69.1 Å². The van der Waals surface area contributed by atoms with E-state index < -0.39 is 0 Å². The van der Waals surface area contributed by atoms with Crippen molar-refractivity contribution in [2.45, 2.75) is 13.0 Å². The summed E-state index contributed by atoms with van der Waals surface area (Å²) in [4.78, 5) is 23.6. The molecule has 1 heterocycles. The van der Waals surface area contributed by atoms with Gasteiger partial charge in [0.05, 0.1) is 6.04 Å². The first-order valence-electron chi connectivity index (χ1n) is 6.20. The van der Waals surface area contributed by atoms with Gasteiger partial charge in [-0.05, 0) is 30.7 Å². The van der Waals surface area contributed by atoms with Crippen LogP contribution in [0.3, 0.4) is 0 Å². The van der Waals surface area contributed by atoms with Crippen molar-refractivity contribution in [3.63, 3.8) is 0 Å². The number of hydrogen-bond acceptors (Lipinski definition) is 2. The van der Waals surface area contributed by atoms with E-state index in [9.17, 15) is 9.59 Å². The first kappa shape index (κ1) is 14.3. The van der Waals surface area contributed by atoms with Gasteiger partial charge in [-0.1, -0.05) is 23.7 Å². The molecule has 0 spiro atoms. The largest absolute Gasteiger partial charge is 0.346 e. The molecular formula is C15H15ClN2O2. The number of aryl methyl sites for hydroxylation is 1. The third kappa shape index (κ3) is 3.27. The second kappa shape index (κ2) is 5.92. The lowest BCUT2D eigenvalue weighted by atomic mass is 10.1. The number of halogens is 1. The number of carbonyl (C=O) groups is 1. The Hall–Kier alpha value is -2.07. The average Bonchev–Trinajstić information content (AvgIpc) is 2.42. The van der Waals surface area contributed by atoms with Gasteiger partial charge < -0.3 is 9.88 Å². The van der Waals surface area contributed by atoms with Crippen LogP contribution in [-0.4, -0.2) is 10.5 Å². The molecule has 1 unspecified atom stereocenters. The number of carbonyl (C=O) groups excluding carboxylic acids is 1. The highest BCUT2D eigenvalue weighted by molar-refractivity contribution is 6.30. The average molecular weight is 291 g/mol. The number of nitrogens with zero attached hydrogens (tertiary/aromatic N) is 1. The molecule has 2 rings (SSSR count). The molecular weight excluding hydrogens is 276 g/mol. The normalized spacial score (nSPS) is 11.9. The zero-order valence-electron chi connectivity index (χ0n) is 11.3. The molecule has 0 aliphatic carbocycles. The standard InChI is InChI=1S/C15H15ClN2O2/c1-10(11-3-5-13(16)6-4-11)17-15(20)12-7-8-18(2)14(19)9-12/h3-10H,1-2H3,(H,17,20). The first-order chi connectivity index (χ1) is 9.47. The Morgan fingerprint density at radius 3 is 2.50 bits per heavy atom. The Bertz CT molecular complexity index is 677. The second-order valence-corrected chi connectivity index (χ2v) is 5.05. The molecule has 0 saturated carbocycles. The van der Waals surface area contributed by atoms with Crippen molar-refractivity contribution in [3.8, 4) is 0 Å². The topological polar surface area (TPSA) is 51.1 Å². The Kier molecular flexibility index (Phi) is 4.25. The predicted octanol–water partition coefficient (Wildman–Crippen LogP) is 2.53. The lowest BCUT2D eigenvalue weighted by Gasteiger charge is -2.14. The van der Waals surface area contributed by atoms with Gasteiger partial charge in [0.25, 0.3) is 11.5 Å². The van der Waals surface area contributed by atoms with Crippen molar-refractivity contribution in [1.82, 2.24) is 9.88 Å². The van der Waals surface area contributed by atoms with Crippen LogP contribution in [0.15, 0.2) is 47.4 Å². The van der Waals surface area contributed by atoms with Crippen molar-refractivity contribution >= 4 is 17.5 Å². The van der Waals surface area contributed by atoms with E-state index in [0.29, 0.717) is 10.6 Å². The highest BCUT2D eigenvalue weighted by Gasteiger charge is 2.12. The number of pyridine rings is 1. The molecule has 1 N–H and O–H groups in total. The smallest absolute Gasteiger partial charge is 0.252 e. The molecule has 1 atom stereocenters. The fourth-order valence-electron chi connectivity index (χ4n) is 1.80. The summed E-state index contributed by atoms with van der Waals surface area (Å²) in [5, 5.41) is 3.50. The Morgan fingerprint density at radius 1 is 1.25 bits per heavy atom. The van der Waals surface area contributed by atoms with Gasteiger partial charge in [0.2, 0.25) is 0 Å².